The van der Waals surface area contributed by atoms with Gasteiger partial charge in [-0.15, -0.1) is 0 Å². The average Bonchev–Trinajstić information content (AvgIpc) is 2.03. The first kappa shape index (κ1) is 11.6. The summed E-state index contributed by atoms with van der Waals surface area (Å²) in [4.78, 5) is 0. The SMILES string of the molecule is CCCCCCCC(F)=C(C)F. The third-order valence-electron chi connectivity index (χ3n) is 1.87. The first-order chi connectivity index (χ1) is 5.68. The van der Waals surface area contributed by atoms with E-state index in [1.807, 2.05) is 0 Å². The van der Waals surface area contributed by atoms with E-state index < -0.39 is 11.7 Å². The average molecular weight is 176 g/mol. The van der Waals surface area contributed by atoms with Gasteiger partial charge in [0, 0.05) is 6.42 Å². The molecular formula is C10H18F2. The van der Waals surface area contributed by atoms with E-state index in [-0.39, 0.29) is 6.42 Å². The highest BCUT2D eigenvalue weighted by Gasteiger charge is 1.99. The van der Waals surface area contributed by atoms with Crippen LogP contribution in [0.5, 0.6) is 0 Å². The Labute approximate surface area is 73.7 Å². The van der Waals surface area contributed by atoms with Gasteiger partial charge in [0.1, 0.15) is 11.7 Å². The zero-order valence-electron chi connectivity index (χ0n) is 8.00. The molecule has 0 aliphatic carbocycles. The highest BCUT2D eigenvalue weighted by molar-refractivity contribution is 4.95. The highest BCUT2D eigenvalue weighted by atomic mass is 19.2. The van der Waals surface area contributed by atoms with Crippen LogP contribution in [0.4, 0.5) is 8.78 Å². The molecule has 0 rings (SSSR count). The fraction of sp³-hybridized carbons (Fsp3) is 0.800. The number of allylic oxidation sites excluding steroid dienone is 2. The van der Waals surface area contributed by atoms with E-state index in [0.29, 0.717) is 0 Å². The molecule has 0 amide bonds. The van der Waals surface area contributed by atoms with Crippen molar-refractivity contribution in [3.8, 4) is 0 Å². The second kappa shape index (κ2) is 7.26. The van der Waals surface area contributed by atoms with Crippen LogP contribution >= 0.6 is 0 Å². The van der Waals surface area contributed by atoms with Crippen LogP contribution in [0.2, 0.25) is 0 Å². The van der Waals surface area contributed by atoms with Crippen molar-refractivity contribution in [1.82, 2.24) is 0 Å². The molecule has 0 aliphatic heterocycles. The Bertz CT molecular complexity index is 135. The molecule has 0 atom stereocenters. The van der Waals surface area contributed by atoms with Gasteiger partial charge in [-0.3, -0.25) is 0 Å². The molecule has 72 valence electrons. The molecule has 0 saturated carbocycles. The molecule has 0 spiro atoms. The Morgan fingerprint density at radius 3 is 2.08 bits per heavy atom. The topological polar surface area (TPSA) is 0 Å². The van der Waals surface area contributed by atoms with Crippen molar-refractivity contribution in [1.29, 1.82) is 0 Å². The maximum atomic E-state index is 12.5. The molecule has 0 aliphatic rings. The van der Waals surface area contributed by atoms with Gasteiger partial charge in [0.2, 0.25) is 0 Å². The largest absolute Gasteiger partial charge is 0.209 e. The summed E-state index contributed by atoms with van der Waals surface area (Å²) in [5.74, 6) is -1.24. The van der Waals surface area contributed by atoms with Crippen LogP contribution in [-0.4, -0.2) is 0 Å². The Morgan fingerprint density at radius 1 is 1.00 bits per heavy atom. The van der Waals surface area contributed by atoms with Crippen LogP contribution in [0.1, 0.15) is 52.4 Å². The molecule has 0 N–H and O–H groups in total. The van der Waals surface area contributed by atoms with Crippen LogP contribution < -0.4 is 0 Å². The summed E-state index contributed by atoms with van der Waals surface area (Å²) in [7, 11) is 0. The van der Waals surface area contributed by atoms with Gasteiger partial charge in [0.05, 0.1) is 0 Å². The number of halogens is 2. The van der Waals surface area contributed by atoms with Crippen molar-refractivity contribution < 1.29 is 8.78 Å². The summed E-state index contributed by atoms with van der Waals surface area (Å²) in [6.07, 6.45) is 5.56. The van der Waals surface area contributed by atoms with Crippen molar-refractivity contribution in [3.05, 3.63) is 11.7 Å². The lowest BCUT2D eigenvalue weighted by atomic mass is 10.1. The van der Waals surface area contributed by atoms with Crippen LogP contribution in [0.3, 0.4) is 0 Å². The summed E-state index contributed by atoms with van der Waals surface area (Å²) in [6, 6.07) is 0. The van der Waals surface area contributed by atoms with Gasteiger partial charge < -0.3 is 0 Å². The summed E-state index contributed by atoms with van der Waals surface area (Å²) in [6.45, 7) is 3.30. The van der Waals surface area contributed by atoms with E-state index in [4.69, 9.17) is 0 Å². The van der Waals surface area contributed by atoms with Gasteiger partial charge in [-0.2, -0.15) is 0 Å². The minimum atomic E-state index is -0.662. The first-order valence-corrected chi connectivity index (χ1v) is 4.69. The van der Waals surface area contributed by atoms with Crippen molar-refractivity contribution in [2.24, 2.45) is 0 Å². The standard InChI is InChI=1S/C10H18F2/c1-3-4-5-6-7-8-10(12)9(2)11/h3-8H2,1-2H3. The molecule has 0 aromatic carbocycles. The van der Waals surface area contributed by atoms with Gasteiger partial charge in [0.25, 0.3) is 0 Å². The Kier molecular flexibility index (Phi) is 7.02. The Morgan fingerprint density at radius 2 is 1.58 bits per heavy atom. The lowest BCUT2D eigenvalue weighted by Crippen LogP contribution is -1.81. The molecule has 0 aromatic rings. The van der Waals surface area contributed by atoms with Crippen molar-refractivity contribution >= 4 is 0 Å². The van der Waals surface area contributed by atoms with Gasteiger partial charge in [-0.1, -0.05) is 32.6 Å². The highest BCUT2D eigenvalue weighted by Crippen LogP contribution is 2.15. The number of hydrogen-bond acceptors (Lipinski definition) is 0. The number of unbranched alkanes of at least 4 members (excludes halogenated alkanes) is 4. The molecule has 0 nitrogen and oxygen atoms in total. The molecule has 0 aromatic heterocycles. The van der Waals surface area contributed by atoms with Crippen LogP contribution in [0.25, 0.3) is 0 Å². The summed E-state index contributed by atoms with van der Waals surface area (Å²) in [5, 5.41) is 0. The lowest BCUT2D eigenvalue weighted by molar-refractivity contribution is 0.491. The van der Waals surface area contributed by atoms with Gasteiger partial charge in [-0.25, -0.2) is 8.78 Å². The quantitative estimate of drug-likeness (QED) is 0.522. The fourth-order valence-electron chi connectivity index (χ4n) is 1.06. The van der Waals surface area contributed by atoms with E-state index in [1.54, 1.807) is 0 Å². The van der Waals surface area contributed by atoms with Crippen LogP contribution in [0, 0.1) is 0 Å². The van der Waals surface area contributed by atoms with E-state index in [1.165, 1.54) is 19.8 Å². The van der Waals surface area contributed by atoms with Crippen molar-refractivity contribution in [3.63, 3.8) is 0 Å². The molecular weight excluding hydrogens is 158 g/mol. The predicted octanol–water partition coefficient (Wildman–Crippen LogP) is 4.52. The minimum Gasteiger partial charge on any atom is -0.209 e. The lowest BCUT2D eigenvalue weighted by Gasteiger charge is -1.98. The maximum absolute atomic E-state index is 12.5. The zero-order valence-corrected chi connectivity index (χ0v) is 8.00. The number of rotatable bonds is 6. The second-order valence-corrected chi connectivity index (χ2v) is 3.10. The van der Waals surface area contributed by atoms with Gasteiger partial charge in [0.15, 0.2) is 0 Å². The molecule has 12 heavy (non-hydrogen) atoms. The fourth-order valence-corrected chi connectivity index (χ4v) is 1.06. The van der Waals surface area contributed by atoms with Crippen molar-refractivity contribution in [2.75, 3.05) is 0 Å². The van der Waals surface area contributed by atoms with Crippen LogP contribution in [0.15, 0.2) is 11.7 Å². The summed E-state index contributed by atoms with van der Waals surface area (Å²) in [5.41, 5.74) is 0. The normalized spacial score (nSPS) is 13.0. The zero-order chi connectivity index (χ0) is 9.40. The summed E-state index contributed by atoms with van der Waals surface area (Å²) < 4.78 is 24.7. The van der Waals surface area contributed by atoms with E-state index in [2.05, 4.69) is 6.92 Å². The van der Waals surface area contributed by atoms with E-state index in [0.717, 1.165) is 19.3 Å². The molecule has 0 heterocycles. The monoisotopic (exact) mass is 176 g/mol. The Hall–Kier alpha value is -0.400. The molecule has 0 bridgehead atoms. The molecule has 0 unspecified atom stereocenters. The predicted molar refractivity (Wildman–Crippen MR) is 48.3 cm³/mol. The van der Waals surface area contributed by atoms with E-state index in [9.17, 15) is 8.78 Å². The second-order valence-electron chi connectivity index (χ2n) is 3.10. The third-order valence-corrected chi connectivity index (χ3v) is 1.87. The molecule has 0 fully saturated rings. The Balaban J connectivity index is 3.26. The van der Waals surface area contributed by atoms with Crippen LogP contribution in [-0.2, 0) is 0 Å². The maximum Gasteiger partial charge on any atom is 0.131 e. The van der Waals surface area contributed by atoms with E-state index >= 15 is 0 Å². The smallest absolute Gasteiger partial charge is 0.131 e. The molecule has 2 heteroatoms. The first-order valence-electron chi connectivity index (χ1n) is 4.69. The molecule has 0 saturated heterocycles. The third kappa shape index (κ3) is 6.32. The summed E-state index contributed by atoms with van der Waals surface area (Å²) >= 11 is 0. The van der Waals surface area contributed by atoms with Gasteiger partial charge >= 0.3 is 0 Å². The van der Waals surface area contributed by atoms with Gasteiger partial charge in [-0.05, 0) is 13.3 Å². The molecule has 0 radical (unpaired) electrons. The minimum absolute atomic E-state index is 0.270. The number of hydrogen-bond donors (Lipinski definition) is 0. The van der Waals surface area contributed by atoms with Crippen molar-refractivity contribution in [2.45, 2.75) is 52.4 Å².